The molecule has 0 unspecified atom stereocenters. The lowest BCUT2D eigenvalue weighted by molar-refractivity contribution is -0.116. The Morgan fingerprint density at radius 3 is 2.62 bits per heavy atom. The van der Waals surface area contributed by atoms with Crippen molar-refractivity contribution in [2.75, 3.05) is 25.6 Å². The molecule has 8 nitrogen and oxygen atoms in total. The number of amides is 1. The average Bonchev–Trinajstić information content (AvgIpc) is 3.17. The van der Waals surface area contributed by atoms with Crippen molar-refractivity contribution in [1.82, 2.24) is 9.78 Å². The molecular weight excluding hydrogens is 374 g/mol. The van der Waals surface area contributed by atoms with E-state index in [1.807, 2.05) is 30.3 Å². The maximum absolute atomic E-state index is 12.6. The van der Waals surface area contributed by atoms with Crippen LogP contribution in [-0.2, 0) is 16.1 Å². The van der Waals surface area contributed by atoms with Gasteiger partial charge in [0.15, 0.2) is 11.5 Å². The highest BCUT2D eigenvalue weighted by atomic mass is 16.6. The minimum absolute atomic E-state index is 0.0737. The monoisotopic (exact) mass is 393 g/mol. The second-order valence-electron chi connectivity index (χ2n) is 6.33. The lowest BCUT2D eigenvalue weighted by Crippen LogP contribution is -2.21. The molecule has 0 atom stereocenters. The van der Waals surface area contributed by atoms with Crippen molar-refractivity contribution in [2.45, 2.75) is 6.54 Å². The Morgan fingerprint density at radius 2 is 1.86 bits per heavy atom. The highest BCUT2D eigenvalue weighted by molar-refractivity contribution is 5.97. The van der Waals surface area contributed by atoms with Gasteiger partial charge in [0.25, 0.3) is 0 Å². The summed E-state index contributed by atoms with van der Waals surface area (Å²) in [6.45, 7) is 0.896. The summed E-state index contributed by atoms with van der Waals surface area (Å²) >= 11 is 0. The minimum atomic E-state index is -0.512. The van der Waals surface area contributed by atoms with Crippen LogP contribution in [0.3, 0.4) is 0 Å². The van der Waals surface area contributed by atoms with Gasteiger partial charge < -0.3 is 19.5 Å². The van der Waals surface area contributed by atoms with Crippen molar-refractivity contribution in [2.24, 2.45) is 0 Å². The number of benzene rings is 2. The Morgan fingerprint density at radius 1 is 1.10 bits per heavy atom. The highest BCUT2D eigenvalue weighted by Gasteiger charge is 2.21. The molecule has 29 heavy (non-hydrogen) atoms. The fourth-order valence-electron chi connectivity index (χ4n) is 3.12. The Labute approximate surface area is 167 Å². The molecule has 8 heteroatoms. The Balaban J connectivity index is 1.57. The standard InChI is InChI=1S/C21H19N3O5/c1-27-21(26)16-12-22-24(20(16)14-5-3-2-4-6-14)13-19(25)23-15-7-8-17-18(11-15)29-10-9-28-17/h2-8,11-12H,9-10,13H2,1H3,(H,23,25). The third-order valence-electron chi connectivity index (χ3n) is 4.41. The first-order valence-electron chi connectivity index (χ1n) is 9.05. The van der Waals surface area contributed by atoms with Crippen molar-refractivity contribution in [3.8, 4) is 22.8 Å². The van der Waals surface area contributed by atoms with Crippen LogP contribution in [0.2, 0.25) is 0 Å². The summed E-state index contributed by atoms with van der Waals surface area (Å²) in [6.07, 6.45) is 1.41. The van der Waals surface area contributed by atoms with E-state index in [2.05, 4.69) is 10.4 Å². The number of methoxy groups -OCH3 is 1. The van der Waals surface area contributed by atoms with Crippen LogP contribution in [0.4, 0.5) is 5.69 Å². The zero-order chi connectivity index (χ0) is 20.2. The number of nitrogens with zero attached hydrogens (tertiary/aromatic N) is 2. The molecule has 0 aliphatic carbocycles. The molecule has 1 aromatic heterocycles. The van der Waals surface area contributed by atoms with Gasteiger partial charge in [-0.3, -0.25) is 9.48 Å². The number of rotatable bonds is 5. The molecule has 0 spiro atoms. The zero-order valence-electron chi connectivity index (χ0n) is 15.8. The normalized spacial score (nSPS) is 12.3. The molecule has 1 aliphatic heterocycles. The summed E-state index contributed by atoms with van der Waals surface area (Å²) in [5, 5.41) is 7.04. The number of aromatic nitrogens is 2. The topological polar surface area (TPSA) is 91.7 Å². The van der Waals surface area contributed by atoms with Gasteiger partial charge in [0.05, 0.1) is 19.0 Å². The number of anilines is 1. The fourth-order valence-corrected chi connectivity index (χ4v) is 3.12. The maximum atomic E-state index is 12.6. The SMILES string of the molecule is COC(=O)c1cnn(CC(=O)Nc2ccc3c(c2)OCCO3)c1-c1ccccc1. The van der Waals surface area contributed by atoms with Crippen LogP contribution in [0.15, 0.2) is 54.7 Å². The van der Waals surface area contributed by atoms with Gasteiger partial charge in [-0.25, -0.2) is 4.79 Å². The number of carbonyl (C=O) groups is 2. The van der Waals surface area contributed by atoms with Gasteiger partial charge >= 0.3 is 5.97 Å². The van der Waals surface area contributed by atoms with Crippen molar-refractivity contribution < 1.29 is 23.8 Å². The van der Waals surface area contributed by atoms with E-state index in [9.17, 15) is 9.59 Å². The van der Waals surface area contributed by atoms with Crippen LogP contribution in [-0.4, -0.2) is 42.0 Å². The van der Waals surface area contributed by atoms with E-state index in [0.29, 0.717) is 41.7 Å². The van der Waals surface area contributed by atoms with E-state index in [4.69, 9.17) is 14.2 Å². The molecule has 3 aromatic rings. The van der Waals surface area contributed by atoms with Crippen LogP contribution < -0.4 is 14.8 Å². The molecule has 0 bridgehead atoms. The number of ether oxygens (including phenoxy) is 3. The molecule has 148 valence electrons. The maximum Gasteiger partial charge on any atom is 0.341 e. The average molecular weight is 393 g/mol. The van der Waals surface area contributed by atoms with E-state index < -0.39 is 5.97 Å². The molecule has 4 rings (SSSR count). The largest absolute Gasteiger partial charge is 0.486 e. The number of hydrogen-bond donors (Lipinski definition) is 1. The first-order valence-corrected chi connectivity index (χ1v) is 9.05. The van der Waals surface area contributed by atoms with Gasteiger partial charge in [-0.05, 0) is 12.1 Å². The summed E-state index contributed by atoms with van der Waals surface area (Å²) in [5.74, 6) is 0.433. The summed E-state index contributed by atoms with van der Waals surface area (Å²) < 4.78 is 17.3. The van der Waals surface area contributed by atoms with E-state index in [-0.39, 0.29) is 12.5 Å². The summed E-state index contributed by atoms with van der Waals surface area (Å²) in [5.41, 5.74) is 2.17. The first-order chi connectivity index (χ1) is 14.2. The number of esters is 1. The van der Waals surface area contributed by atoms with E-state index >= 15 is 0 Å². The predicted octanol–water partition coefficient (Wildman–Crippen LogP) is 2.75. The molecule has 1 N–H and O–H groups in total. The molecule has 1 aliphatic rings. The molecule has 2 heterocycles. The smallest absolute Gasteiger partial charge is 0.341 e. The molecule has 0 fully saturated rings. The third kappa shape index (κ3) is 3.91. The molecule has 2 aromatic carbocycles. The molecular formula is C21H19N3O5. The van der Waals surface area contributed by atoms with Gasteiger partial charge in [-0.15, -0.1) is 0 Å². The van der Waals surface area contributed by atoms with Gasteiger partial charge in [-0.1, -0.05) is 30.3 Å². The first kappa shape index (κ1) is 18.5. The zero-order valence-corrected chi connectivity index (χ0v) is 15.8. The van der Waals surface area contributed by atoms with Crippen LogP contribution in [0.5, 0.6) is 11.5 Å². The Bertz CT molecular complexity index is 1050. The Kier molecular flexibility index (Phi) is 5.15. The number of nitrogens with one attached hydrogen (secondary N) is 1. The second-order valence-corrected chi connectivity index (χ2v) is 6.33. The molecule has 0 radical (unpaired) electrons. The third-order valence-corrected chi connectivity index (χ3v) is 4.41. The van der Waals surface area contributed by atoms with Crippen molar-refractivity contribution in [1.29, 1.82) is 0 Å². The lowest BCUT2D eigenvalue weighted by Gasteiger charge is -2.19. The molecule has 0 saturated heterocycles. The van der Waals surface area contributed by atoms with Crippen molar-refractivity contribution in [3.05, 3.63) is 60.3 Å². The van der Waals surface area contributed by atoms with Gasteiger partial charge in [0.2, 0.25) is 5.91 Å². The Hall–Kier alpha value is -3.81. The van der Waals surface area contributed by atoms with E-state index in [0.717, 1.165) is 5.56 Å². The quantitative estimate of drug-likeness (QED) is 0.670. The summed E-state index contributed by atoms with van der Waals surface area (Å²) in [7, 11) is 1.31. The van der Waals surface area contributed by atoms with Crippen LogP contribution in [0.25, 0.3) is 11.3 Å². The highest BCUT2D eigenvalue weighted by Crippen LogP contribution is 2.32. The number of carbonyl (C=O) groups excluding carboxylic acids is 2. The van der Waals surface area contributed by atoms with Gasteiger partial charge in [0, 0.05) is 17.3 Å². The molecule has 1 amide bonds. The number of hydrogen-bond acceptors (Lipinski definition) is 6. The lowest BCUT2D eigenvalue weighted by atomic mass is 10.1. The fraction of sp³-hybridized carbons (Fsp3) is 0.190. The van der Waals surface area contributed by atoms with Gasteiger partial charge in [0.1, 0.15) is 25.3 Å². The van der Waals surface area contributed by atoms with Crippen LogP contribution in [0.1, 0.15) is 10.4 Å². The van der Waals surface area contributed by atoms with E-state index in [1.54, 1.807) is 18.2 Å². The van der Waals surface area contributed by atoms with Crippen LogP contribution >= 0.6 is 0 Å². The second kappa shape index (κ2) is 8.05. The number of fused-ring (bicyclic) bond motifs is 1. The van der Waals surface area contributed by atoms with Crippen LogP contribution in [0, 0.1) is 0 Å². The van der Waals surface area contributed by atoms with E-state index in [1.165, 1.54) is 18.0 Å². The predicted molar refractivity (Wildman–Crippen MR) is 105 cm³/mol. The summed E-state index contributed by atoms with van der Waals surface area (Å²) in [4.78, 5) is 24.8. The van der Waals surface area contributed by atoms with Crippen molar-refractivity contribution in [3.63, 3.8) is 0 Å². The minimum Gasteiger partial charge on any atom is -0.486 e. The van der Waals surface area contributed by atoms with Crippen molar-refractivity contribution >= 4 is 17.6 Å². The van der Waals surface area contributed by atoms with Gasteiger partial charge in [-0.2, -0.15) is 5.10 Å². The molecule has 0 saturated carbocycles. The summed E-state index contributed by atoms with van der Waals surface area (Å²) in [6, 6.07) is 14.5.